The topological polar surface area (TPSA) is 25.2 Å². The fourth-order valence-electron chi connectivity index (χ4n) is 2.65. The molecule has 0 saturated heterocycles. The Morgan fingerprint density at radius 1 is 0.840 bits per heavy atom. The zero-order valence-electron chi connectivity index (χ0n) is 14.2. The second-order valence-electron chi connectivity index (χ2n) is 6.21. The van der Waals surface area contributed by atoms with Gasteiger partial charge in [-0.3, -0.25) is 4.99 Å². The van der Waals surface area contributed by atoms with E-state index in [0.717, 1.165) is 27.3 Å². The van der Waals surface area contributed by atoms with E-state index in [-0.39, 0.29) is 0 Å². The average Bonchev–Trinajstić information content (AvgIpc) is 3.05. The quantitative estimate of drug-likeness (QED) is 0.399. The molecule has 1 heterocycles. The van der Waals surface area contributed by atoms with Crippen molar-refractivity contribution in [3.05, 3.63) is 83.4 Å². The number of fused-ring (bicyclic) bond motifs is 1. The van der Waals surface area contributed by atoms with Crippen LogP contribution in [-0.4, -0.2) is 11.2 Å². The van der Waals surface area contributed by atoms with Crippen LogP contribution in [0.15, 0.2) is 71.7 Å². The first-order valence-electron chi connectivity index (χ1n) is 8.26. The van der Waals surface area contributed by atoms with Crippen LogP contribution in [0.4, 0.5) is 5.69 Å². The van der Waals surface area contributed by atoms with Gasteiger partial charge >= 0.3 is 0 Å². The van der Waals surface area contributed by atoms with E-state index in [9.17, 15) is 0 Å². The Hall–Kier alpha value is -2.78. The summed E-state index contributed by atoms with van der Waals surface area (Å²) in [5.74, 6) is 0. The lowest BCUT2D eigenvalue weighted by Crippen LogP contribution is -1.80. The molecule has 0 saturated carbocycles. The van der Waals surface area contributed by atoms with Crippen molar-refractivity contribution < 1.29 is 0 Å². The molecule has 0 spiro atoms. The van der Waals surface area contributed by atoms with Crippen molar-refractivity contribution in [1.29, 1.82) is 0 Å². The molecule has 4 aromatic rings. The first-order chi connectivity index (χ1) is 12.2. The Bertz CT molecular complexity index is 1040. The molecule has 0 radical (unpaired) electrons. The van der Waals surface area contributed by atoms with Crippen LogP contribution in [-0.2, 0) is 0 Å². The third kappa shape index (κ3) is 3.52. The van der Waals surface area contributed by atoms with E-state index >= 15 is 0 Å². The van der Waals surface area contributed by atoms with Crippen molar-refractivity contribution in [2.75, 3.05) is 0 Å². The monoisotopic (exact) mass is 342 g/mol. The summed E-state index contributed by atoms with van der Waals surface area (Å²) in [6.07, 6.45) is 1.90. The number of aryl methyl sites for hydroxylation is 2. The van der Waals surface area contributed by atoms with Gasteiger partial charge in [-0.2, -0.15) is 0 Å². The SMILES string of the molecule is Cc1ccc(C=Nc2ccc(-c3nc4ccc(C)cc4s3)cc2)cc1. The second-order valence-corrected chi connectivity index (χ2v) is 7.24. The highest BCUT2D eigenvalue weighted by atomic mass is 32.1. The van der Waals surface area contributed by atoms with E-state index in [0.29, 0.717) is 0 Å². The number of benzene rings is 3. The van der Waals surface area contributed by atoms with Gasteiger partial charge in [0.05, 0.1) is 15.9 Å². The number of nitrogens with zero attached hydrogens (tertiary/aromatic N) is 2. The molecular weight excluding hydrogens is 324 g/mol. The normalized spacial score (nSPS) is 11.4. The summed E-state index contributed by atoms with van der Waals surface area (Å²) < 4.78 is 1.23. The van der Waals surface area contributed by atoms with Gasteiger partial charge in [0.1, 0.15) is 5.01 Å². The Morgan fingerprint density at radius 2 is 1.56 bits per heavy atom. The number of hydrogen-bond donors (Lipinski definition) is 0. The standard InChI is InChI=1S/C22H18N2S/c1-15-3-6-17(7-4-15)14-23-19-10-8-18(9-11-19)22-24-20-12-5-16(2)13-21(20)25-22/h3-14H,1-2H3. The fourth-order valence-corrected chi connectivity index (χ4v) is 3.72. The number of thiazole rings is 1. The van der Waals surface area contributed by atoms with Gasteiger partial charge in [0, 0.05) is 11.8 Å². The van der Waals surface area contributed by atoms with Gasteiger partial charge in [0.2, 0.25) is 0 Å². The van der Waals surface area contributed by atoms with Gasteiger partial charge in [-0.25, -0.2) is 4.98 Å². The molecule has 25 heavy (non-hydrogen) atoms. The maximum atomic E-state index is 4.74. The lowest BCUT2D eigenvalue weighted by molar-refractivity contribution is 1.44. The third-order valence-corrected chi connectivity index (χ3v) is 5.17. The number of hydrogen-bond acceptors (Lipinski definition) is 3. The van der Waals surface area contributed by atoms with E-state index in [1.807, 2.05) is 18.3 Å². The predicted octanol–water partition coefficient (Wildman–Crippen LogP) is 6.33. The largest absolute Gasteiger partial charge is 0.256 e. The molecule has 0 aliphatic rings. The molecule has 0 amide bonds. The van der Waals surface area contributed by atoms with Crippen molar-refractivity contribution in [2.24, 2.45) is 4.99 Å². The van der Waals surface area contributed by atoms with Crippen LogP contribution in [0.25, 0.3) is 20.8 Å². The van der Waals surface area contributed by atoms with Gasteiger partial charge in [-0.05, 0) is 61.4 Å². The highest BCUT2D eigenvalue weighted by Gasteiger charge is 2.06. The molecule has 3 aromatic carbocycles. The Kier molecular flexibility index (Phi) is 4.16. The molecular formula is C22H18N2S. The lowest BCUT2D eigenvalue weighted by atomic mass is 10.2. The van der Waals surface area contributed by atoms with Gasteiger partial charge < -0.3 is 0 Å². The van der Waals surface area contributed by atoms with Crippen molar-refractivity contribution in [3.8, 4) is 10.6 Å². The van der Waals surface area contributed by atoms with Crippen molar-refractivity contribution >= 4 is 33.5 Å². The van der Waals surface area contributed by atoms with Crippen LogP contribution in [0, 0.1) is 13.8 Å². The molecule has 0 aliphatic heterocycles. The van der Waals surface area contributed by atoms with Crippen LogP contribution in [0.5, 0.6) is 0 Å². The van der Waals surface area contributed by atoms with E-state index in [4.69, 9.17) is 4.98 Å². The van der Waals surface area contributed by atoms with Crippen LogP contribution in [0.3, 0.4) is 0 Å². The Labute approximate surface area is 151 Å². The molecule has 0 N–H and O–H groups in total. The molecule has 0 atom stereocenters. The van der Waals surface area contributed by atoms with Crippen molar-refractivity contribution in [1.82, 2.24) is 4.98 Å². The number of aliphatic imine (C=N–C) groups is 1. The van der Waals surface area contributed by atoms with E-state index in [1.54, 1.807) is 11.3 Å². The van der Waals surface area contributed by atoms with Crippen molar-refractivity contribution in [3.63, 3.8) is 0 Å². The highest BCUT2D eigenvalue weighted by Crippen LogP contribution is 2.31. The van der Waals surface area contributed by atoms with Gasteiger partial charge in [-0.15, -0.1) is 11.3 Å². The minimum atomic E-state index is 0.946. The summed E-state index contributed by atoms with van der Waals surface area (Å²) in [5, 5.41) is 1.05. The maximum Gasteiger partial charge on any atom is 0.124 e. The first-order valence-corrected chi connectivity index (χ1v) is 9.07. The summed E-state index contributed by atoms with van der Waals surface area (Å²) in [4.78, 5) is 9.29. The zero-order chi connectivity index (χ0) is 17.2. The molecule has 3 heteroatoms. The predicted molar refractivity (Wildman–Crippen MR) is 108 cm³/mol. The van der Waals surface area contributed by atoms with Crippen LogP contribution in [0.2, 0.25) is 0 Å². The van der Waals surface area contributed by atoms with E-state index < -0.39 is 0 Å². The summed E-state index contributed by atoms with van der Waals surface area (Å²) in [6, 6.07) is 23.0. The highest BCUT2D eigenvalue weighted by molar-refractivity contribution is 7.21. The van der Waals surface area contributed by atoms with Gasteiger partial charge in [-0.1, -0.05) is 35.9 Å². The third-order valence-electron chi connectivity index (χ3n) is 4.10. The lowest BCUT2D eigenvalue weighted by Gasteiger charge is -1.98. The minimum absolute atomic E-state index is 0.946. The number of rotatable bonds is 3. The molecule has 1 aromatic heterocycles. The van der Waals surface area contributed by atoms with Crippen molar-refractivity contribution in [2.45, 2.75) is 13.8 Å². The van der Waals surface area contributed by atoms with Crippen LogP contribution < -0.4 is 0 Å². The summed E-state index contributed by atoms with van der Waals surface area (Å²) >= 11 is 1.73. The molecule has 2 nitrogen and oxygen atoms in total. The molecule has 4 rings (SSSR count). The molecule has 0 unspecified atom stereocenters. The van der Waals surface area contributed by atoms with E-state index in [1.165, 1.54) is 15.8 Å². The van der Waals surface area contributed by atoms with Crippen LogP contribution in [0.1, 0.15) is 16.7 Å². The molecule has 122 valence electrons. The Morgan fingerprint density at radius 3 is 2.32 bits per heavy atom. The summed E-state index contributed by atoms with van der Waals surface area (Å²) in [7, 11) is 0. The number of aromatic nitrogens is 1. The molecule has 0 fully saturated rings. The first kappa shape index (κ1) is 15.7. The zero-order valence-corrected chi connectivity index (χ0v) is 15.0. The smallest absolute Gasteiger partial charge is 0.124 e. The van der Waals surface area contributed by atoms with Crippen LogP contribution >= 0.6 is 11.3 Å². The summed E-state index contributed by atoms with van der Waals surface area (Å²) in [6.45, 7) is 4.20. The Balaban J connectivity index is 1.57. The summed E-state index contributed by atoms with van der Waals surface area (Å²) in [5.41, 5.74) is 6.77. The second kappa shape index (κ2) is 6.61. The fraction of sp³-hybridized carbons (Fsp3) is 0.0909. The average molecular weight is 342 g/mol. The molecule has 0 aliphatic carbocycles. The minimum Gasteiger partial charge on any atom is -0.256 e. The molecule has 0 bridgehead atoms. The van der Waals surface area contributed by atoms with E-state index in [2.05, 4.69) is 73.4 Å². The van der Waals surface area contributed by atoms with Gasteiger partial charge in [0.15, 0.2) is 0 Å². The maximum absolute atomic E-state index is 4.74. The van der Waals surface area contributed by atoms with Gasteiger partial charge in [0.25, 0.3) is 0 Å².